The Morgan fingerprint density at radius 3 is 2.72 bits per heavy atom. The molecule has 36 heavy (non-hydrogen) atoms. The van der Waals surface area contributed by atoms with Crippen molar-refractivity contribution in [2.75, 3.05) is 12.8 Å². The largest absolute Gasteiger partial charge is 0.496 e. The molecule has 2 heterocycles. The number of halogens is 2. The number of hydrogen-bond donors (Lipinski definition) is 3. The molecule has 1 amide bonds. The van der Waals surface area contributed by atoms with Crippen LogP contribution < -0.4 is 21.3 Å². The standard InChI is InChI=1S/C25H24F2N6O3/c1-36-19-10-7-14(26)11-17(19)24(34)29-12-13-5-8-15(9-6-13)33-22-20(25(35)31-30-23(22)28)21(32-33)16-3-2-4-18(16)27/h5-11,16,18H,2-4,12H2,1H3,(H2,28,30)(H,29,34)(H,31,35)/t16-,18+/m0/s1. The van der Waals surface area contributed by atoms with Gasteiger partial charge in [0, 0.05) is 12.5 Å². The molecule has 1 aliphatic carbocycles. The number of nitrogens with one attached hydrogen (secondary N) is 2. The van der Waals surface area contributed by atoms with Crippen LogP contribution in [0.2, 0.25) is 0 Å². The second-order valence-electron chi connectivity index (χ2n) is 8.71. The number of nitrogens with two attached hydrogens (primary N) is 1. The summed E-state index contributed by atoms with van der Waals surface area (Å²) in [6.45, 7) is 0.179. The number of aromatic amines is 1. The van der Waals surface area contributed by atoms with Crippen molar-refractivity contribution in [3.8, 4) is 11.4 Å². The maximum atomic E-state index is 14.6. The molecular formula is C25H24F2N6O3. The van der Waals surface area contributed by atoms with Gasteiger partial charge < -0.3 is 15.8 Å². The number of benzene rings is 2. The fraction of sp³-hybridized carbons (Fsp3) is 0.280. The summed E-state index contributed by atoms with van der Waals surface area (Å²) in [5.74, 6) is -1.15. The number of amides is 1. The zero-order valence-corrected chi connectivity index (χ0v) is 19.4. The van der Waals surface area contributed by atoms with E-state index in [4.69, 9.17) is 10.5 Å². The molecule has 0 saturated heterocycles. The molecule has 2 aromatic heterocycles. The molecule has 9 nitrogen and oxygen atoms in total. The van der Waals surface area contributed by atoms with Crippen LogP contribution in [0, 0.1) is 5.82 Å². The van der Waals surface area contributed by atoms with E-state index in [2.05, 4.69) is 20.6 Å². The van der Waals surface area contributed by atoms with Gasteiger partial charge in [0.1, 0.15) is 23.3 Å². The maximum absolute atomic E-state index is 14.6. The van der Waals surface area contributed by atoms with E-state index >= 15 is 0 Å². The number of H-pyrrole nitrogens is 1. The average Bonchev–Trinajstić information content (AvgIpc) is 3.49. The van der Waals surface area contributed by atoms with Gasteiger partial charge in [-0.1, -0.05) is 12.1 Å². The van der Waals surface area contributed by atoms with Gasteiger partial charge in [-0.3, -0.25) is 9.59 Å². The topological polar surface area (TPSA) is 128 Å². The van der Waals surface area contributed by atoms with Crippen LogP contribution in [0.5, 0.6) is 5.75 Å². The quantitative estimate of drug-likeness (QED) is 0.377. The van der Waals surface area contributed by atoms with Gasteiger partial charge in [0.15, 0.2) is 5.82 Å². The molecule has 0 aliphatic heterocycles. The van der Waals surface area contributed by atoms with Crippen LogP contribution >= 0.6 is 0 Å². The lowest BCUT2D eigenvalue weighted by atomic mass is 10.0. The lowest BCUT2D eigenvalue weighted by Crippen LogP contribution is -2.23. The van der Waals surface area contributed by atoms with Crippen molar-refractivity contribution in [1.82, 2.24) is 25.3 Å². The maximum Gasteiger partial charge on any atom is 0.275 e. The fourth-order valence-electron chi connectivity index (χ4n) is 4.67. The third-order valence-electron chi connectivity index (χ3n) is 6.48. The highest BCUT2D eigenvalue weighted by Gasteiger charge is 2.34. The molecule has 1 saturated carbocycles. The third kappa shape index (κ3) is 4.16. The van der Waals surface area contributed by atoms with Crippen molar-refractivity contribution >= 4 is 22.6 Å². The number of carbonyl (C=O) groups is 1. The van der Waals surface area contributed by atoms with Gasteiger partial charge >= 0.3 is 0 Å². The number of methoxy groups -OCH3 is 1. The molecule has 2 aromatic carbocycles. The molecule has 0 bridgehead atoms. The molecule has 0 radical (unpaired) electrons. The van der Waals surface area contributed by atoms with E-state index in [-0.39, 0.29) is 29.1 Å². The normalized spacial score (nSPS) is 17.4. The van der Waals surface area contributed by atoms with Crippen molar-refractivity contribution in [2.24, 2.45) is 0 Å². The van der Waals surface area contributed by atoms with Crippen LogP contribution in [0.1, 0.15) is 46.8 Å². The minimum absolute atomic E-state index is 0.0807. The monoisotopic (exact) mass is 494 g/mol. The number of fused-ring (bicyclic) bond motifs is 1. The highest BCUT2D eigenvalue weighted by atomic mass is 19.1. The number of carbonyl (C=O) groups excluding carboxylic acids is 1. The first-order chi connectivity index (χ1) is 17.4. The first kappa shape index (κ1) is 23.5. The lowest BCUT2D eigenvalue weighted by Gasteiger charge is -2.10. The summed E-state index contributed by atoms with van der Waals surface area (Å²) in [4.78, 5) is 25.2. The van der Waals surface area contributed by atoms with Crippen molar-refractivity contribution in [3.05, 3.63) is 75.5 Å². The van der Waals surface area contributed by atoms with E-state index in [0.29, 0.717) is 29.7 Å². The van der Waals surface area contributed by atoms with Gasteiger partial charge in [0.25, 0.3) is 11.5 Å². The Morgan fingerprint density at radius 2 is 2.03 bits per heavy atom. The summed E-state index contributed by atoms with van der Waals surface area (Å²) >= 11 is 0. The number of anilines is 1. The van der Waals surface area contributed by atoms with Gasteiger partial charge in [-0.2, -0.15) is 10.2 Å². The van der Waals surface area contributed by atoms with Crippen LogP contribution in [-0.2, 0) is 6.54 Å². The fourth-order valence-corrected chi connectivity index (χ4v) is 4.67. The number of nitrogens with zero attached hydrogens (tertiary/aromatic N) is 3. The molecule has 5 rings (SSSR count). The van der Waals surface area contributed by atoms with E-state index in [1.165, 1.54) is 23.9 Å². The number of ether oxygens (including phenoxy) is 1. The lowest BCUT2D eigenvalue weighted by molar-refractivity contribution is 0.0947. The van der Waals surface area contributed by atoms with Crippen molar-refractivity contribution in [3.63, 3.8) is 0 Å². The molecule has 2 atom stereocenters. The van der Waals surface area contributed by atoms with Gasteiger partial charge in [-0.15, -0.1) is 0 Å². The molecule has 0 spiro atoms. The highest BCUT2D eigenvalue weighted by Crippen LogP contribution is 2.39. The predicted molar refractivity (Wildman–Crippen MR) is 130 cm³/mol. The van der Waals surface area contributed by atoms with Crippen LogP contribution in [-0.4, -0.2) is 39.2 Å². The first-order valence-corrected chi connectivity index (χ1v) is 11.5. The molecule has 11 heteroatoms. The Morgan fingerprint density at radius 1 is 1.25 bits per heavy atom. The van der Waals surface area contributed by atoms with Gasteiger partial charge in [-0.05, 0) is 55.2 Å². The summed E-state index contributed by atoms with van der Waals surface area (Å²) in [5, 5.41) is 13.8. The van der Waals surface area contributed by atoms with Crippen LogP contribution in [0.15, 0.2) is 47.3 Å². The van der Waals surface area contributed by atoms with E-state index < -0.39 is 29.4 Å². The van der Waals surface area contributed by atoms with Gasteiger partial charge in [0.05, 0.1) is 29.4 Å². The second-order valence-corrected chi connectivity index (χ2v) is 8.71. The number of rotatable bonds is 6. The van der Waals surface area contributed by atoms with Crippen molar-refractivity contribution in [2.45, 2.75) is 37.9 Å². The predicted octanol–water partition coefficient (Wildman–Crippen LogP) is 3.37. The number of aromatic nitrogens is 4. The third-order valence-corrected chi connectivity index (χ3v) is 6.48. The number of alkyl halides is 1. The first-order valence-electron chi connectivity index (χ1n) is 11.5. The van der Waals surface area contributed by atoms with E-state index in [0.717, 1.165) is 18.1 Å². The van der Waals surface area contributed by atoms with E-state index in [1.807, 2.05) is 0 Å². The van der Waals surface area contributed by atoms with Crippen molar-refractivity contribution < 1.29 is 18.3 Å². The molecular weight excluding hydrogens is 470 g/mol. The van der Waals surface area contributed by atoms with Gasteiger partial charge in [-0.25, -0.2) is 18.6 Å². The minimum atomic E-state index is -1.08. The summed E-state index contributed by atoms with van der Waals surface area (Å²) in [6.07, 6.45) is 0.678. The second kappa shape index (κ2) is 9.40. The van der Waals surface area contributed by atoms with Crippen LogP contribution in [0.25, 0.3) is 16.6 Å². The van der Waals surface area contributed by atoms with E-state index in [1.54, 1.807) is 24.3 Å². The van der Waals surface area contributed by atoms with E-state index in [9.17, 15) is 18.4 Å². The Balaban J connectivity index is 1.42. The SMILES string of the molecule is COc1ccc(F)cc1C(=O)NCc1ccc(-n2nc([C@H]3CCC[C@H]3F)c3c(=O)[nH]nc(N)c32)cc1. The molecule has 4 N–H and O–H groups in total. The molecule has 0 unspecified atom stereocenters. The summed E-state index contributed by atoms with van der Waals surface area (Å²) in [5.41, 5.74) is 7.79. The molecule has 1 aliphatic rings. The van der Waals surface area contributed by atoms with Gasteiger partial charge in [0.2, 0.25) is 0 Å². The minimum Gasteiger partial charge on any atom is -0.496 e. The average molecular weight is 495 g/mol. The molecule has 4 aromatic rings. The van der Waals surface area contributed by atoms with Crippen molar-refractivity contribution in [1.29, 1.82) is 0 Å². The summed E-state index contributed by atoms with van der Waals surface area (Å²) in [6, 6.07) is 10.8. The molecule has 186 valence electrons. The summed E-state index contributed by atoms with van der Waals surface area (Å²) < 4.78 is 34.8. The zero-order chi connectivity index (χ0) is 25.4. The smallest absolute Gasteiger partial charge is 0.275 e. The Labute approximate surface area is 204 Å². The summed E-state index contributed by atoms with van der Waals surface area (Å²) in [7, 11) is 1.41. The van der Waals surface area contributed by atoms with Crippen LogP contribution in [0.3, 0.4) is 0 Å². The Kier molecular flexibility index (Phi) is 6.13. The Bertz CT molecular complexity index is 1500. The highest BCUT2D eigenvalue weighted by molar-refractivity contribution is 5.97. The number of hydrogen-bond acceptors (Lipinski definition) is 6. The molecule has 1 fully saturated rings. The van der Waals surface area contributed by atoms with Crippen LogP contribution in [0.4, 0.5) is 14.6 Å². The zero-order valence-electron chi connectivity index (χ0n) is 19.4. The Hall–Kier alpha value is -4.28. The number of nitrogen functional groups attached to an aromatic ring is 1.